The second-order valence-electron chi connectivity index (χ2n) is 5.29. The highest BCUT2D eigenvalue weighted by Gasteiger charge is 2.44. The summed E-state index contributed by atoms with van der Waals surface area (Å²) in [6, 6.07) is 5.23. The largest absolute Gasteiger partial charge is 0.493 e. The molecule has 1 heterocycles. The van der Waals surface area contributed by atoms with Crippen LogP contribution >= 0.6 is 0 Å². The van der Waals surface area contributed by atoms with E-state index >= 15 is 0 Å². The van der Waals surface area contributed by atoms with Crippen molar-refractivity contribution >= 4 is 0 Å². The van der Waals surface area contributed by atoms with E-state index in [2.05, 4.69) is 6.58 Å². The van der Waals surface area contributed by atoms with Crippen LogP contribution in [0.25, 0.3) is 0 Å². The Labute approximate surface area is 134 Å². The summed E-state index contributed by atoms with van der Waals surface area (Å²) in [5, 5.41) is 38.7. The third kappa shape index (κ3) is 3.82. The molecule has 7 nitrogen and oxygen atoms in total. The van der Waals surface area contributed by atoms with Gasteiger partial charge in [0.1, 0.15) is 24.4 Å². The third-order valence-corrected chi connectivity index (χ3v) is 3.70. The molecule has 0 spiro atoms. The fourth-order valence-electron chi connectivity index (χ4n) is 2.39. The van der Waals surface area contributed by atoms with Crippen molar-refractivity contribution in [3.05, 3.63) is 36.4 Å². The second kappa shape index (κ2) is 7.76. The molecular weight excluding hydrogens is 304 g/mol. The Bertz CT molecular complexity index is 531. The van der Waals surface area contributed by atoms with E-state index in [0.717, 1.165) is 5.56 Å². The molecule has 1 fully saturated rings. The quantitative estimate of drug-likeness (QED) is 0.527. The number of ether oxygens (including phenoxy) is 3. The van der Waals surface area contributed by atoms with E-state index in [1.807, 2.05) is 6.07 Å². The minimum atomic E-state index is -1.49. The number of aliphatic hydroxyl groups is 4. The lowest BCUT2D eigenvalue weighted by Gasteiger charge is -2.39. The van der Waals surface area contributed by atoms with Gasteiger partial charge in [0, 0.05) is 0 Å². The Balaban J connectivity index is 2.18. The average Bonchev–Trinajstić information content (AvgIpc) is 2.56. The molecule has 4 N–H and O–H groups in total. The van der Waals surface area contributed by atoms with Gasteiger partial charge in [-0.2, -0.15) is 0 Å². The molecule has 0 amide bonds. The zero-order chi connectivity index (χ0) is 17.0. The first-order chi connectivity index (χ1) is 11.0. The van der Waals surface area contributed by atoms with Crippen LogP contribution in [0.5, 0.6) is 11.5 Å². The smallest absolute Gasteiger partial charge is 0.229 e. The summed E-state index contributed by atoms with van der Waals surface area (Å²) in [6.07, 6.45) is -4.23. The SMILES string of the molecule is C=CCc1ccc(OC2O[C@H](CO)[C@H](O)[C@H](O)[C@H]2O)c(OC)c1. The van der Waals surface area contributed by atoms with Gasteiger partial charge in [-0.05, 0) is 24.1 Å². The van der Waals surface area contributed by atoms with Gasteiger partial charge >= 0.3 is 0 Å². The highest BCUT2D eigenvalue weighted by atomic mass is 16.7. The molecule has 1 unspecified atom stereocenters. The molecule has 0 aromatic heterocycles. The van der Waals surface area contributed by atoms with E-state index in [9.17, 15) is 20.4 Å². The number of rotatable bonds is 6. The van der Waals surface area contributed by atoms with Crippen molar-refractivity contribution in [2.24, 2.45) is 0 Å². The maximum atomic E-state index is 9.99. The molecule has 0 radical (unpaired) electrons. The van der Waals surface area contributed by atoms with Crippen LogP contribution in [0.15, 0.2) is 30.9 Å². The van der Waals surface area contributed by atoms with E-state index in [4.69, 9.17) is 14.2 Å². The first kappa shape index (κ1) is 17.7. The van der Waals surface area contributed by atoms with Crippen LogP contribution < -0.4 is 9.47 Å². The molecular formula is C16H22O7. The van der Waals surface area contributed by atoms with E-state index < -0.39 is 37.3 Å². The Morgan fingerprint density at radius 1 is 1.17 bits per heavy atom. The zero-order valence-electron chi connectivity index (χ0n) is 12.8. The van der Waals surface area contributed by atoms with Gasteiger partial charge in [0.15, 0.2) is 11.5 Å². The normalized spacial score (nSPS) is 30.7. The number of hydrogen-bond donors (Lipinski definition) is 4. The average molecular weight is 326 g/mol. The molecule has 7 heteroatoms. The van der Waals surface area contributed by atoms with Crippen molar-refractivity contribution < 1.29 is 34.6 Å². The van der Waals surface area contributed by atoms with E-state index in [1.54, 1.807) is 18.2 Å². The predicted molar refractivity (Wildman–Crippen MR) is 81.3 cm³/mol. The van der Waals surface area contributed by atoms with Crippen molar-refractivity contribution in [3.8, 4) is 11.5 Å². The van der Waals surface area contributed by atoms with Gasteiger partial charge in [0.2, 0.25) is 6.29 Å². The summed E-state index contributed by atoms with van der Waals surface area (Å²) in [5.41, 5.74) is 0.970. The monoisotopic (exact) mass is 326 g/mol. The Morgan fingerprint density at radius 3 is 2.52 bits per heavy atom. The summed E-state index contributed by atoms with van der Waals surface area (Å²) in [5.74, 6) is 0.742. The summed E-state index contributed by atoms with van der Waals surface area (Å²) < 4.78 is 16.1. The minimum absolute atomic E-state index is 0.310. The number of methoxy groups -OCH3 is 1. The highest BCUT2D eigenvalue weighted by molar-refractivity contribution is 5.43. The lowest BCUT2D eigenvalue weighted by atomic mass is 9.99. The number of allylic oxidation sites excluding steroid dienone is 1. The maximum Gasteiger partial charge on any atom is 0.229 e. The van der Waals surface area contributed by atoms with Gasteiger partial charge in [-0.15, -0.1) is 6.58 Å². The van der Waals surface area contributed by atoms with Crippen LogP contribution in [0, 0.1) is 0 Å². The van der Waals surface area contributed by atoms with E-state index in [0.29, 0.717) is 17.9 Å². The molecule has 0 aliphatic carbocycles. The summed E-state index contributed by atoms with van der Waals surface area (Å²) in [6.45, 7) is 3.16. The summed E-state index contributed by atoms with van der Waals surface area (Å²) in [4.78, 5) is 0. The van der Waals surface area contributed by atoms with Crippen LogP contribution in [-0.4, -0.2) is 64.8 Å². The molecule has 5 atom stereocenters. The fraction of sp³-hybridized carbons (Fsp3) is 0.500. The van der Waals surface area contributed by atoms with Gasteiger partial charge in [-0.25, -0.2) is 0 Å². The first-order valence-electron chi connectivity index (χ1n) is 7.26. The van der Waals surface area contributed by atoms with Gasteiger partial charge in [0.25, 0.3) is 0 Å². The summed E-state index contributed by atoms with van der Waals surface area (Å²) in [7, 11) is 1.48. The van der Waals surface area contributed by atoms with E-state index in [1.165, 1.54) is 7.11 Å². The molecule has 1 aromatic rings. The van der Waals surface area contributed by atoms with Crippen molar-refractivity contribution in [2.75, 3.05) is 13.7 Å². The minimum Gasteiger partial charge on any atom is -0.493 e. The molecule has 1 saturated heterocycles. The van der Waals surface area contributed by atoms with E-state index in [-0.39, 0.29) is 0 Å². The Morgan fingerprint density at radius 2 is 1.91 bits per heavy atom. The van der Waals surface area contributed by atoms with Crippen LogP contribution in [0.3, 0.4) is 0 Å². The topological polar surface area (TPSA) is 109 Å². The van der Waals surface area contributed by atoms with Gasteiger partial charge in [-0.1, -0.05) is 12.1 Å². The third-order valence-electron chi connectivity index (χ3n) is 3.70. The van der Waals surface area contributed by atoms with Crippen molar-refractivity contribution in [1.82, 2.24) is 0 Å². The van der Waals surface area contributed by atoms with Crippen LogP contribution in [-0.2, 0) is 11.2 Å². The summed E-state index contributed by atoms with van der Waals surface area (Å²) >= 11 is 0. The highest BCUT2D eigenvalue weighted by Crippen LogP contribution is 2.32. The molecule has 0 bridgehead atoms. The van der Waals surface area contributed by atoms with Gasteiger partial charge < -0.3 is 34.6 Å². The number of benzene rings is 1. The second-order valence-corrected chi connectivity index (χ2v) is 5.29. The molecule has 1 aliphatic rings. The predicted octanol–water partition coefficient (Wildman–Crippen LogP) is -0.398. The van der Waals surface area contributed by atoms with Crippen LogP contribution in [0.1, 0.15) is 5.56 Å². The van der Waals surface area contributed by atoms with Crippen LogP contribution in [0.4, 0.5) is 0 Å². The van der Waals surface area contributed by atoms with Crippen molar-refractivity contribution in [2.45, 2.75) is 37.1 Å². The molecule has 1 aromatic carbocycles. The number of aliphatic hydroxyl groups excluding tert-OH is 4. The van der Waals surface area contributed by atoms with Crippen LogP contribution in [0.2, 0.25) is 0 Å². The lowest BCUT2D eigenvalue weighted by Crippen LogP contribution is -2.60. The molecule has 23 heavy (non-hydrogen) atoms. The molecule has 0 saturated carbocycles. The first-order valence-corrected chi connectivity index (χ1v) is 7.26. The zero-order valence-corrected chi connectivity index (χ0v) is 12.8. The molecule has 1 aliphatic heterocycles. The number of hydrogen-bond acceptors (Lipinski definition) is 7. The van der Waals surface area contributed by atoms with Crippen molar-refractivity contribution in [1.29, 1.82) is 0 Å². The molecule has 128 valence electrons. The Kier molecular flexibility index (Phi) is 5.97. The standard InChI is InChI=1S/C16H22O7/c1-3-4-9-5-6-10(11(7-9)21-2)22-16-15(20)14(19)13(18)12(8-17)23-16/h3,5-7,12-20H,1,4,8H2,2H3/t12-,13+,14+,15-,16?/m1/s1. The van der Waals surface area contributed by atoms with Crippen molar-refractivity contribution in [3.63, 3.8) is 0 Å². The Hall–Kier alpha value is -1.64. The maximum absolute atomic E-state index is 9.99. The lowest BCUT2D eigenvalue weighted by molar-refractivity contribution is -0.277. The molecule has 2 rings (SSSR count). The van der Waals surface area contributed by atoms with Gasteiger partial charge in [0.05, 0.1) is 13.7 Å². The van der Waals surface area contributed by atoms with Gasteiger partial charge in [-0.3, -0.25) is 0 Å². The fourth-order valence-corrected chi connectivity index (χ4v) is 2.39.